The molecule has 0 radical (unpaired) electrons. The number of hydrazine groups is 1. The SMILES string of the molecule is CC(=O)NC(C(=O)NNC(=O)c1ccccc1-n1cccc1)C(C)C. The van der Waals surface area contributed by atoms with Crippen LogP contribution in [0.5, 0.6) is 0 Å². The van der Waals surface area contributed by atoms with Crippen LogP contribution in [0.1, 0.15) is 31.1 Å². The molecular weight excluding hydrogens is 320 g/mol. The molecule has 2 aromatic rings. The van der Waals surface area contributed by atoms with Crippen molar-refractivity contribution in [3.05, 3.63) is 54.4 Å². The van der Waals surface area contributed by atoms with Crippen LogP contribution in [0.3, 0.4) is 0 Å². The Morgan fingerprint density at radius 2 is 1.60 bits per heavy atom. The normalized spacial score (nSPS) is 11.7. The lowest BCUT2D eigenvalue weighted by atomic mass is 10.0. The third kappa shape index (κ3) is 4.69. The first-order valence-corrected chi connectivity index (χ1v) is 8.00. The minimum Gasteiger partial charge on any atom is -0.344 e. The second-order valence-corrected chi connectivity index (χ2v) is 5.97. The van der Waals surface area contributed by atoms with E-state index in [2.05, 4.69) is 16.2 Å². The van der Waals surface area contributed by atoms with Gasteiger partial charge in [-0.15, -0.1) is 0 Å². The Morgan fingerprint density at radius 1 is 0.960 bits per heavy atom. The maximum Gasteiger partial charge on any atom is 0.271 e. The van der Waals surface area contributed by atoms with Gasteiger partial charge in [-0.2, -0.15) is 0 Å². The molecular formula is C18H22N4O3. The molecule has 0 fully saturated rings. The van der Waals surface area contributed by atoms with E-state index in [1.165, 1.54) is 6.92 Å². The molecule has 0 saturated heterocycles. The van der Waals surface area contributed by atoms with Crippen molar-refractivity contribution in [3.8, 4) is 5.69 Å². The highest BCUT2D eigenvalue weighted by Crippen LogP contribution is 2.14. The summed E-state index contributed by atoms with van der Waals surface area (Å²) in [4.78, 5) is 35.9. The molecule has 7 nitrogen and oxygen atoms in total. The van der Waals surface area contributed by atoms with Gasteiger partial charge >= 0.3 is 0 Å². The van der Waals surface area contributed by atoms with Crippen LogP contribution < -0.4 is 16.2 Å². The summed E-state index contributed by atoms with van der Waals surface area (Å²) in [7, 11) is 0. The maximum absolute atomic E-state index is 12.5. The van der Waals surface area contributed by atoms with E-state index in [4.69, 9.17) is 0 Å². The Labute approximate surface area is 146 Å². The Bertz CT molecular complexity index is 753. The molecule has 2 rings (SSSR count). The van der Waals surface area contributed by atoms with E-state index in [1.54, 1.807) is 12.1 Å². The molecule has 1 aromatic heterocycles. The molecule has 0 saturated carbocycles. The summed E-state index contributed by atoms with van der Waals surface area (Å²) in [6.45, 7) is 4.96. The fourth-order valence-electron chi connectivity index (χ4n) is 2.40. The lowest BCUT2D eigenvalue weighted by Gasteiger charge is -2.21. The van der Waals surface area contributed by atoms with E-state index in [9.17, 15) is 14.4 Å². The van der Waals surface area contributed by atoms with Crippen LogP contribution in [0, 0.1) is 5.92 Å². The van der Waals surface area contributed by atoms with Gasteiger partial charge in [0.15, 0.2) is 0 Å². The van der Waals surface area contributed by atoms with Crippen molar-refractivity contribution in [2.45, 2.75) is 26.8 Å². The fourth-order valence-corrected chi connectivity index (χ4v) is 2.40. The molecule has 0 aliphatic rings. The first-order valence-electron chi connectivity index (χ1n) is 8.00. The molecule has 132 valence electrons. The quantitative estimate of drug-likeness (QED) is 0.717. The Hall–Kier alpha value is -3.09. The summed E-state index contributed by atoms with van der Waals surface area (Å²) in [5.41, 5.74) is 5.90. The molecule has 3 N–H and O–H groups in total. The maximum atomic E-state index is 12.5. The predicted molar refractivity (Wildman–Crippen MR) is 93.8 cm³/mol. The summed E-state index contributed by atoms with van der Waals surface area (Å²) in [6.07, 6.45) is 3.66. The van der Waals surface area contributed by atoms with Crippen molar-refractivity contribution in [2.24, 2.45) is 5.92 Å². The second kappa shape index (κ2) is 8.14. The number of hydrogen-bond acceptors (Lipinski definition) is 3. The summed E-state index contributed by atoms with van der Waals surface area (Å²) < 4.78 is 1.81. The third-order valence-corrected chi connectivity index (χ3v) is 3.64. The van der Waals surface area contributed by atoms with Gasteiger partial charge in [-0.1, -0.05) is 26.0 Å². The monoisotopic (exact) mass is 342 g/mol. The van der Waals surface area contributed by atoms with Crippen molar-refractivity contribution < 1.29 is 14.4 Å². The first kappa shape index (κ1) is 18.3. The van der Waals surface area contributed by atoms with Crippen molar-refractivity contribution in [2.75, 3.05) is 0 Å². The molecule has 3 amide bonds. The third-order valence-electron chi connectivity index (χ3n) is 3.64. The minimum absolute atomic E-state index is 0.118. The summed E-state index contributed by atoms with van der Waals surface area (Å²) in [6, 6.07) is 10.1. The zero-order chi connectivity index (χ0) is 18.4. The Morgan fingerprint density at radius 3 is 2.20 bits per heavy atom. The van der Waals surface area contributed by atoms with Gasteiger partial charge in [-0.3, -0.25) is 25.2 Å². The summed E-state index contributed by atoms with van der Waals surface area (Å²) in [5.74, 6) is -1.34. The summed E-state index contributed by atoms with van der Waals surface area (Å²) in [5, 5.41) is 2.57. The molecule has 1 atom stereocenters. The van der Waals surface area contributed by atoms with E-state index in [-0.39, 0.29) is 11.8 Å². The van der Waals surface area contributed by atoms with Crippen LogP contribution in [-0.4, -0.2) is 28.3 Å². The van der Waals surface area contributed by atoms with E-state index in [1.807, 2.05) is 55.1 Å². The number of benzene rings is 1. The van der Waals surface area contributed by atoms with Crippen LogP contribution in [0.15, 0.2) is 48.8 Å². The average molecular weight is 342 g/mol. The smallest absolute Gasteiger partial charge is 0.271 e. The van der Waals surface area contributed by atoms with Crippen LogP contribution in [0.2, 0.25) is 0 Å². The van der Waals surface area contributed by atoms with Gasteiger partial charge in [-0.05, 0) is 30.2 Å². The second-order valence-electron chi connectivity index (χ2n) is 5.97. The molecule has 0 aliphatic heterocycles. The number of hydrogen-bond donors (Lipinski definition) is 3. The molecule has 1 heterocycles. The summed E-state index contributed by atoms with van der Waals surface area (Å²) >= 11 is 0. The van der Waals surface area contributed by atoms with Crippen molar-refractivity contribution in [1.82, 2.24) is 20.7 Å². The highest BCUT2D eigenvalue weighted by Gasteiger charge is 2.23. The average Bonchev–Trinajstić information content (AvgIpc) is 3.11. The minimum atomic E-state index is -0.725. The zero-order valence-electron chi connectivity index (χ0n) is 14.4. The van der Waals surface area contributed by atoms with E-state index >= 15 is 0 Å². The van der Waals surface area contributed by atoms with Gasteiger partial charge in [0, 0.05) is 19.3 Å². The number of nitrogens with zero attached hydrogens (tertiary/aromatic N) is 1. The van der Waals surface area contributed by atoms with Gasteiger partial charge < -0.3 is 9.88 Å². The number of carbonyl (C=O) groups excluding carboxylic acids is 3. The fraction of sp³-hybridized carbons (Fsp3) is 0.278. The van der Waals surface area contributed by atoms with E-state index < -0.39 is 17.9 Å². The van der Waals surface area contributed by atoms with Crippen LogP contribution >= 0.6 is 0 Å². The van der Waals surface area contributed by atoms with Gasteiger partial charge in [0.2, 0.25) is 5.91 Å². The molecule has 0 aliphatic carbocycles. The van der Waals surface area contributed by atoms with Crippen molar-refractivity contribution in [1.29, 1.82) is 0 Å². The highest BCUT2D eigenvalue weighted by molar-refractivity contribution is 5.99. The van der Waals surface area contributed by atoms with E-state index in [0.717, 1.165) is 0 Å². The molecule has 7 heteroatoms. The topological polar surface area (TPSA) is 92.2 Å². The van der Waals surface area contributed by atoms with Crippen LogP contribution in [0.4, 0.5) is 0 Å². The lowest BCUT2D eigenvalue weighted by Crippen LogP contribution is -2.54. The number of para-hydroxylation sites is 1. The van der Waals surface area contributed by atoms with Gasteiger partial charge in [0.1, 0.15) is 6.04 Å². The standard InChI is InChI=1S/C18H22N4O3/c1-12(2)16(19-13(3)23)18(25)21-20-17(24)14-8-4-5-9-15(14)22-10-6-7-11-22/h4-12,16H,1-3H3,(H,19,23)(H,20,24)(H,21,25). The Balaban J connectivity index is 2.08. The highest BCUT2D eigenvalue weighted by atomic mass is 16.2. The van der Waals surface area contributed by atoms with Gasteiger partial charge in [0.05, 0.1) is 11.3 Å². The number of aromatic nitrogens is 1. The molecule has 1 aromatic carbocycles. The van der Waals surface area contributed by atoms with Crippen LogP contribution in [-0.2, 0) is 9.59 Å². The van der Waals surface area contributed by atoms with Crippen molar-refractivity contribution in [3.63, 3.8) is 0 Å². The lowest BCUT2D eigenvalue weighted by molar-refractivity contribution is -0.129. The van der Waals surface area contributed by atoms with Gasteiger partial charge in [0.25, 0.3) is 11.8 Å². The van der Waals surface area contributed by atoms with Gasteiger partial charge in [-0.25, -0.2) is 0 Å². The molecule has 0 bridgehead atoms. The van der Waals surface area contributed by atoms with Crippen LogP contribution in [0.25, 0.3) is 5.69 Å². The Kier molecular flexibility index (Phi) is 5.94. The number of amides is 3. The number of carbonyl (C=O) groups is 3. The zero-order valence-corrected chi connectivity index (χ0v) is 14.4. The number of nitrogens with one attached hydrogen (secondary N) is 3. The largest absolute Gasteiger partial charge is 0.344 e. The molecule has 0 spiro atoms. The molecule has 25 heavy (non-hydrogen) atoms. The number of rotatable bonds is 5. The predicted octanol–water partition coefficient (Wildman–Crippen LogP) is 1.40. The molecule has 1 unspecified atom stereocenters. The van der Waals surface area contributed by atoms with Crippen molar-refractivity contribution >= 4 is 17.7 Å². The van der Waals surface area contributed by atoms with E-state index in [0.29, 0.717) is 11.3 Å². The first-order chi connectivity index (χ1) is 11.9.